The Labute approximate surface area is 156 Å². The molecule has 0 aromatic heterocycles. The van der Waals surface area contributed by atoms with E-state index in [1.54, 1.807) is 24.3 Å². The standard InChI is InChI=1S/C21H14ClNO3/c1-2-13-26-18-9-3-15(4-10-18)14-19(22)16-5-7-17(8-6-16)23-20(24)11-12-21(23)25/h1,3-12,14H,13H2/b19-14-. The summed E-state index contributed by atoms with van der Waals surface area (Å²) in [4.78, 5) is 24.5. The highest BCUT2D eigenvalue weighted by Crippen LogP contribution is 2.26. The van der Waals surface area contributed by atoms with Crippen molar-refractivity contribution in [3.8, 4) is 18.1 Å². The molecule has 0 radical (unpaired) electrons. The zero-order valence-electron chi connectivity index (χ0n) is 13.7. The second-order valence-electron chi connectivity index (χ2n) is 5.45. The highest BCUT2D eigenvalue weighted by Gasteiger charge is 2.24. The van der Waals surface area contributed by atoms with E-state index in [9.17, 15) is 9.59 Å². The minimum Gasteiger partial charge on any atom is -0.481 e. The Balaban J connectivity index is 1.74. The van der Waals surface area contributed by atoms with Gasteiger partial charge in [-0.1, -0.05) is 41.8 Å². The highest BCUT2D eigenvalue weighted by molar-refractivity contribution is 6.51. The van der Waals surface area contributed by atoms with E-state index in [0.29, 0.717) is 16.5 Å². The summed E-state index contributed by atoms with van der Waals surface area (Å²) in [6, 6.07) is 14.3. The van der Waals surface area contributed by atoms with Crippen LogP contribution in [0.1, 0.15) is 11.1 Å². The van der Waals surface area contributed by atoms with Crippen LogP contribution in [0.2, 0.25) is 0 Å². The number of halogens is 1. The van der Waals surface area contributed by atoms with Crippen molar-refractivity contribution < 1.29 is 14.3 Å². The molecule has 0 saturated heterocycles. The molecule has 0 aliphatic carbocycles. The van der Waals surface area contributed by atoms with Crippen LogP contribution in [0, 0.1) is 12.3 Å². The molecular formula is C21H14ClNO3. The number of nitrogens with zero attached hydrogens (tertiary/aromatic N) is 1. The fourth-order valence-electron chi connectivity index (χ4n) is 2.44. The third-order valence-corrected chi connectivity index (χ3v) is 4.03. The molecule has 4 nitrogen and oxygen atoms in total. The molecule has 128 valence electrons. The van der Waals surface area contributed by atoms with Crippen molar-refractivity contribution in [2.24, 2.45) is 0 Å². The number of carbonyl (C=O) groups excluding carboxylic acids is 2. The number of anilines is 1. The van der Waals surface area contributed by atoms with Crippen LogP contribution in [0.4, 0.5) is 5.69 Å². The zero-order chi connectivity index (χ0) is 18.5. The molecule has 0 bridgehead atoms. The van der Waals surface area contributed by atoms with E-state index in [2.05, 4.69) is 5.92 Å². The predicted molar refractivity (Wildman–Crippen MR) is 103 cm³/mol. The van der Waals surface area contributed by atoms with Gasteiger partial charge in [-0.15, -0.1) is 6.42 Å². The Hall–Kier alpha value is -3.29. The summed E-state index contributed by atoms with van der Waals surface area (Å²) in [5.74, 6) is 2.40. The molecule has 0 N–H and O–H groups in total. The first kappa shape index (κ1) is 17.5. The van der Waals surface area contributed by atoms with Crippen LogP contribution in [0.25, 0.3) is 11.1 Å². The lowest BCUT2D eigenvalue weighted by Crippen LogP contribution is -2.29. The second kappa shape index (κ2) is 7.73. The van der Waals surface area contributed by atoms with E-state index in [-0.39, 0.29) is 18.4 Å². The van der Waals surface area contributed by atoms with Crippen molar-refractivity contribution in [3.05, 3.63) is 71.8 Å². The monoisotopic (exact) mass is 363 g/mol. The van der Waals surface area contributed by atoms with E-state index < -0.39 is 0 Å². The topological polar surface area (TPSA) is 46.6 Å². The van der Waals surface area contributed by atoms with Crippen molar-refractivity contribution in [1.82, 2.24) is 0 Å². The molecule has 2 aromatic carbocycles. The van der Waals surface area contributed by atoms with E-state index in [1.807, 2.05) is 30.3 Å². The third kappa shape index (κ3) is 3.85. The Morgan fingerprint density at radius 2 is 1.65 bits per heavy atom. The maximum Gasteiger partial charge on any atom is 0.258 e. The normalized spacial score (nSPS) is 13.8. The molecule has 0 spiro atoms. The third-order valence-electron chi connectivity index (χ3n) is 3.71. The summed E-state index contributed by atoms with van der Waals surface area (Å²) in [5, 5.41) is 0.533. The number of rotatable bonds is 5. The average molecular weight is 364 g/mol. The molecule has 0 saturated carbocycles. The van der Waals surface area contributed by atoms with Crippen LogP contribution in [-0.2, 0) is 9.59 Å². The average Bonchev–Trinajstić information content (AvgIpc) is 2.99. The number of imide groups is 1. The molecule has 2 aromatic rings. The second-order valence-corrected chi connectivity index (χ2v) is 5.85. The van der Waals surface area contributed by atoms with Gasteiger partial charge in [-0.05, 0) is 41.5 Å². The lowest BCUT2D eigenvalue weighted by atomic mass is 10.1. The summed E-state index contributed by atoms with van der Waals surface area (Å²) >= 11 is 6.38. The zero-order valence-corrected chi connectivity index (χ0v) is 14.4. The molecular weight excluding hydrogens is 350 g/mol. The summed E-state index contributed by atoms with van der Waals surface area (Å²) in [6.07, 6.45) is 9.47. The maximum absolute atomic E-state index is 11.7. The largest absolute Gasteiger partial charge is 0.481 e. The van der Waals surface area contributed by atoms with Crippen molar-refractivity contribution in [2.75, 3.05) is 11.5 Å². The molecule has 5 heteroatoms. The lowest BCUT2D eigenvalue weighted by molar-refractivity contribution is -0.119. The van der Waals surface area contributed by atoms with Gasteiger partial charge in [0.1, 0.15) is 12.4 Å². The molecule has 1 aliphatic rings. The van der Waals surface area contributed by atoms with Gasteiger partial charge in [-0.3, -0.25) is 9.59 Å². The van der Waals surface area contributed by atoms with Crippen LogP contribution in [0.5, 0.6) is 5.75 Å². The van der Waals surface area contributed by atoms with Crippen molar-refractivity contribution in [3.63, 3.8) is 0 Å². The number of terminal acetylenes is 1. The first-order valence-electron chi connectivity index (χ1n) is 7.78. The molecule has 1 heterocycles. The molecule has 0 atom stereocenters. The number of ether oxygens (including phenoxy) is 1. The van der Waals surface area contributed by atoms with Gasteiger partial charge in [0.15, 0.2) is 0 Å². The van der Waals surface area contributed by atoms with E-state index >= 15 is 0 Å². The van der Waals surface area contributed by atoms with Crippen molar-refractivity contribution >= 4 is 40.2 Å². The van der Waals surface area contributed by atoms with Gasteiger partial charge in [0.05, 0.1) is 5.69 Å². The minimum absolute atomic E-state index is 0.222. The van der Waals surface area contributed by atoms with E-state index in [0.717, 1.165) is 16.0 Å². The van der Waals surface area contributed by atoms with Crippen LogP contribution >= 0.6 is 11.6 Å². The molecule has 3 rings (SSSR count). The van der Waals surface area contributed by atoms with Crippen LogP contribution in [0.15, 0.2) is 60.7 Å². The first-order chi connectivity index (χ1) is 12.6. The van der Waals surface area contributed by atoms with Gasteiger partial charge in [0, 0.05) is 17.2 Å². The van der Waals surface area contributed by atoms with Gasteiger partial charge in [-0.2, -0.15) is 0 Å². The van der Waals surface area contributed by atoms with Crippen LogP contribution in [0.3, 0.4) is 0 Å². The number of benzene rings is 2. The van der Waals surface area contributed by atoms with E-state index in [1.165, 1.54) is 12.2 Å². The van der Waals surface area contributed by atoms with E-state index in [4.69, 9.17) is 22.8 Å². The Morgan fingerprint density at radius 3 is 2.23 bits per heavy atom. The number of carbonyl (C=O) groups is 2. The lowest BCUT2D eigenvalue weighted by Gasteiger charge is -2.14. The van der Waals surface area contributed by atoms with Gasteiger partial charge >= 0.3 is 0 Å². The molecule has 2 amide bonds. The highest BCUT2D eigenvalue weighted by atomic mass is 35.5. The first-order valence-corrected chi connectivity index (χ1v) is 8.16. The Bertz CT molecular complexity index is 917. The molecule has 1 aliphatic heterocycles. The van der Waals surface area contributed by atoms with Crippen molar-refractivity contribution in [1.29, 1.82) is 0 Å². The van der Waals surface area contributed by atoms with Gasteiger partial charge in [-0.25, -0.2) is 4.90 Å². The van der Waals surface area contributed by atoms with Crippen molar-refractivity contribution in [2.45, 2.75) is 0 Å². The summed E-state index contributed by atoms with van der Waals surface area (Å²) in [6.45, 7) is 0.222. The number of hydrogen-bond donors (Lipinski definition) is 0. The molecule has 26 heavy (non-hydrogen) atoms. The summed E-state index contributed by atoms with van der Waals surface area (Å²) < 4.78 is 5.32. The Morgan fingerprint density at radius 1 is 1.04 bits per heavy atom. The van der Waals surface area contributed by atoms with Gasteiger partial charge < -0.3 is 4.74 Å². The maximum atomic E-state index is 11.7. The summed E-state index contributed by atoms with van der Waals surface area (Å²) in [7, 11) is 0. The number of amides is 2. The smallest absolute Gasteiger partial charge is 0.258 e. The minimum atomic E-state index is -0.350. The quantitative estimate of drug-likeness (QED) is 0.460. The summed E-state index contributed by atoms with van der Waals surface area (Å²) in [5.41, 5.74) is 2.18. The Kier molecular flexibility index (Phi) is 5.21. The van der Waals surface area contributed by atoms with Crippen LogP contribution < -0.4 is 9.64 Å². The fourth-order valence-corrected chi connectivity index (χ4v) is 2.69. The SMILES string of the molecule is C#CCOc1ccc(/C=C(\Cl)c2ccc(N3C(=O)C=CC3=O)cc2)cc1. The molecule has 0 fully saturated rings. The predicted octanol–water partition coefficient (Wildman–Crippen LogP) is 3.86. The number of hydrogen-bond acceptors (Lipinski definition) is 3. The fraction of sp³-hybridized carbons (Fsp3) is 0.0476. The van der Waals surface area contributed by atoms with Gasteiger partial charge in [0.2, 0.25) is 0 Å². The van der Waals surface area contributed by atoms with Crippen LogP contribution in [-0.4, -0.2) is 18.4 Å². The molecule has 0 unspecified atom stereocenters. The van der Waals surface area contributed by atoms with Gasteiger partial charge in [0.25, 0.3) is 11.8 Å².